The zero-order valence-corrected chi connectivity index (χ0v) is 15.1. The second kappa shape index (κ2) is 7.08. The Morgan fingerprint density at radius 2 is 2.23 bits per heavy atom. The molecule has 26 heavy (non-hydrogen) atoms. The van der Waals surface area contributed by atoms with Gasteiger partial charge in [0.1, 0.15) is 5.82 Å². The lowest BCUT2D eigenvalue weighted by molar-refractivity contribution is 0.0941. The summed E-state index contributed by atoms with van der Waals surface area (Å²) in [7, 11) is 0. The van der Waals surface area contributed by atoms with Crippen LogP contribution in [0, 0.1) is 0 Å². The van der Waals surface area contributed by atoms with Crippen LogP contribution in [0.5, 0.6) is 0 Å². The zero-order valence-electron chi connectivity index (χ0n) is 14.3. The van der Waals surface area contributed by atoms with Crippen LogP contribution in [0.2, 0.25) is 0 Å². The molecular formula is C17H19N5O3S. The van der Waals surface area contributed by atoms with Crippen molar-refractivity contribution in [2.75, 3.05) is 6.61 Å². The molecule has 3 heterocycles. The zero-order chi connectivity index (χ0) is 18.1. The quantitative estimate of drug-likeness (QED) is 0.661. The van der Waals surface area contributed by atoms with E-state index in [4.69, 9.17) is 4.74 Å². The number of aromatic nitrogens is 5. The van der Waals surface area contributed by atoms with Gasteiger partial charge in [0, 0.05) is 6.61 Å². The van der Waals surface area contributed by atoms with Crippen LogP contribution in [0.3, 0.4) is 0 Å². The Labute approximate surface area is 153 Å². The molecule has 8 nitrogen and oxygen atoms in total. The van der Waals surface area contributed by atoms with Gasteiger partial charge in [-0.1, -0.05) is 23.9 Å². The molecule has 0 bridgehead atoms. The fourth-order valence-corrected chi connectivity index (χ4v) is 3.98. The van der Waals surface area contributed by atoms with Crippen molar-refractivity contribution in [2.45, 2.75) is 42.8 Å². The molecule has 1 aromatic carbocycles. The molecule has 4 rings (SSSR count). The predicted molar refractivity (Wildman–Crippen MR) is 98.5 cm³/mol. The van der Waals surface area contributed by atoms with Gasteiger partial charge in [0.2, 0.25) is 0 Å². The topological polar surface area (TPSA) is 106 Å². The van der Waals surface area contributed by atoms with E-state index in [2.05, 4.69) is 20.2 Å². The first-order valence-corrected chi connectivity index (χ1v) is 9.42. The number of thioether (sulfide) groups is 1. The highest BCUT2D eigenvalue weighted by molar-refractivity contribution is 7.99. The Kier molecular flexibility index (Phi) is 4.64. The normalized spacial score (nSPS) is 18.4. The van der Waals surface area contributed by atoms with E-state index >= 15 is 0 Å². The van der Waals surface area contributed by atoms with Gasteiger partial charge in [-0.3, -0.25) is 9.36 Å². The minimum Gasteiger partial charge on any atom is -0.376 e. The van der Waals surface area contributed by atoms with E-state index in [0.29, 0.717) is 28.4 Å². The van der Waals surface area contributed by atoms with Crippen LogP contribution in [0.25, 0.3) is 10.9 Å². The molecule has 1 saturated heterocycles. The molecule has 1 aliphatic heterocycles. The van der Waals surface area contributed by atoms with E-state index in [-0.39, 0.29) is 22.6 Å². The van der Waals surface area contributed by atoms with Crippen LogP contribution in [0.15, 0.2) is 39.0 Å². The van der Waals surface area contributed by atoms with Gasteiger partial charge in [0.15, 0.2) is 5.16 Å². The summed E-state index contributed by atoms with van der Waals surface area (Å²) in [5.41, 5.74) is 0.226. The van der Waals surface area contributed by atoms with Gasteiger partial charge in [-0.25, -0.2) is 14.9 Å². The van der Waals surface area contributed by atoms with E-state index in [1.807, 2.05) is 25.1 Å². The summed E-state index contributed by atoms with van der Waals surface area (Å²) in [6, 6.07) is 7.22. The summed E-state index contributed by atoms with van der Waals surface area (Å²) in [5, 5.41) is 7.57. The number of H-pyrrole nitrogens is 2. The average molecular weight is 373 g/mol. The largest absolute Gasteiger partial charge is 0.376 e. The molecule has 136 valence electrons. The van der Waals surface area contributed by atoms with Crippen molar-refractivity contribution in [3.05, 3.63) is 50.9 Å². The third kappa shape index (κ3) is 3.32. The van der Waals surface area contributed by atoms with Crippen molar-refractivity contribution in [1.82, 2.24) is 24.7 Å². The first kappa shape index (κ1) is 17.0. The van der Waals surface area contributed by atoms with Gasteiger partial charge >= 0.3 is 5.69 Å². The van der Waals surface area contributed by atoms with Crippen LogP contribution in [-0.4, -0.2) is 37.4 Å². The smallest absolute Gasteiger partial charge is 0.344 e. The predicted octanol–water partition coefficient (Wildman–Crippen LogP) is 1.84. The average Bonchev–Trinajstić information content (AvgIpc) is 3.27. The molecule has 2 N–H and O–H groups in total. The van der Waals surface area contributed by atoms with Gasteiger partial charge in [-0.15, -0.1) is 5.10 Å². The first-order valence-electron chi connectivity index (χ1n) is 8.54. The lowest BCUT2D eigenvalue weighted by Crippen LogP contribution is -2.25. The lowest BCUT2D eigenvalue weighted by atomic mass is 10.2. The number of para-hydroxylation sites is 1. The van der Waals surface area contributed by atoms with Gasteiger partial charge in [0.05, 0.1) is 28.8 Å². The van der Waals surface area contributed by atoms with Crippen molar-refractivity contribution in [3.63, 3.8) is 0 Å². The minimum atomic E-state index is -0.254. The molecule has 2 atom stereocenters. The molecule has 0 unspecified atom stereocenters. The van der Waals surface area contributed by atoms with Crippen LogP contribution >= 0.6 is 11.8 Å². The Morgan fingerprint density at radius 1 is 1.38 bits per heavy atom. The molecule has 1 aliphatic rings. The second-order valence-corrected chi connectivity index (χ2v) is 7.59. The second-order valence-electron chi connectivity index (χ2n) is 6.29. The molecule has 0 spiro atoms. The summed E-state index contributed by atoms with van der Waals surface area (Å²) in [5.74, 6) is 0.554. The number of rotatable bonds is 5. The number of fused-ring (bicyclic) bond motifs is 1. The van der Waals surface area contributed by atoms with Crippen molar-refractivity contribution >= 4 is 22.7 Å². The maximum atomic E-state index is 12.3. The summed E-state index contributed by atoms with van der Waals surface area (Å²) >= 11 is 1.38. The number of hydrogen-bond acceptors (Lipinski definition) is 6. The van der Waals surface area contributed by atoms with Crippen molar-refractivity contribution in [3.8, 4) is 0 Å². The summed E-state index contributed by atoms with van der Waals surface area (Å²) in [4.78, 5) is 31.7. The number of ether oxygens (including phenoxy) is 1. The monoisotopic (exact) mass is 373 g/mol. The van der Waals surface area contributed by atoms with Crippen LogP contribution in [-0.2, 0) is 11.3 Å². The Bertz CT molecular complexity index is 1030. The Morgan fingerprint density at radius 3 is 3.04 bits per heavy atom. The van der Waals surface area contributed by atoms with E-state index in [1.165, 1.54) is 11.8 Å². The maximum absolute atomic E-state index is 12.3. The third-order valence-corrected chi connectivity index (χ3v) is 5.53. The molecule has 0 radical (unpaired) electrons. The number of benzene rings is 1. The molecule has 0 aliphatic carbocycles. The molecule has 0 saturated carbocycles. The molecule has 3 aromatic rings. The summed E-state index contributed by atoms with van der Waals surface area (Å²) < 4.78 is 7.21. The highest BCUT2D eigenvalue weighted by Gasteiger charge is 2.22. The van der Waals surface area contributed by atoms with Gasteiger partial charge < -0.3 is 9.72 Å². The fourth-order valence-electron chi connectivity index (χ4n) is 3.06. The van der Waals surface area contributed by atoms with Crippen molar-refractivity contribution in [2.24, 2.45) is 0 Å². The standard InChI is InChI=1S/C17H19N5O3S/c1-10(14-18-13-7-3-2-6-12(13)15(23)19-14)26-17-21-20-16(24)22(17)9-11-5-4-8-25-11/h2-3,6-7,10-11H,4-5,8-9H2,1H3,(H,20,24)(H,18,19,23)/t10-,11-/m0/s1. The number of nitrogens with zero attached hydrogens (tertiary/aromatic N) is 3. The Balaban J connectivity index is 1.59. The molecule has 1 fully saturated rings. The molecule has 9 heteroatoms. The van der Waals surface area contributed by atoms with E-state index in [1.54, 1.807) is 10.6 Å². The van der Waals surface area contributed by atoms with Crippen molar-refractivity contribution in [1.29, 1.82) is 0 Å². The van der Waals surface area contributed by atoms with Crippen LogP contribution < -0.4 is 11.2 Å². The Hall–Kier alpha value is -2.39. The highest BCUT2D eigenvalue weighted by atomic mass is 32.2. The highest BCUT2D eigenvalue weighted by Crippen LogP contribution is 2.31. The molecular weight excluding hydrogens is 354 g/mol. The van der Waals surface area contributed by atoms with Gasteiger partial charge in [0.25, 0.3) is 5.56 Å². The molecule has 2 aromatic heterocycles. The van der Waals surface area contributed by atoms with Crippen LogP contribution in [0.4, 0.5) is 0 Å². The van der Waals surface area contributed by atoms with Crippen molar-refractivity contribution < 1.29 is 4.74 Å². The molecule has 0 amide bonds. The van der Waals surface area contributed by atoms with Crippen LogP contribution in [0.1, 0.15) is 30.8 Å². The summed E-state index contributed by atoms with van der Waals surface area (Å²) in [6.07, 6.45) is 1.99. The van der Waals surface area contributed by atoms with Gasteiger partial charge in [-0.2, -0.15) is 0 Å². The number of nitrogens with one attached hydrogen (secondary N) is 2. The first-order chi connectivity index (χ1) is 12.6. The summed E-state index contributed by atoms with van der Waals surface area (Å²) in [6.45, 7) is 3.14. The number of hydrogen-bond donors (Lipinski definition) is 2. The lowest BCUT2D eigenvalue weighted by Gasteiger charge is -2.13. The van der Waals surface area contributed by atoms with E-state index in [0.717, 1.165) is 19.4 Å². The maximum Gasteiger partial charge on any atom is 0.344 e. The fraction of sp³-hybridized carbons (Fsp3) is 0.412. The van der Waals surface area contributed by atoms with E-state index in [9.17, 15) is 9.59 Å². The third-order valence-electron chi connectivity index (χ3n) is 4.43. The van der Waals surface area contributed by atoms with E-state index < -0.39 is 0 Å². The SMILES string of the molecule is C[C@H](Sc1n[nH]c(=O)n1C[C@@H]1CCCO1)c1nc2ccccc2c(=O)[nH]1. The minimum absolute atomic E-state index is 0.0403. The van der Waals surface area contributed by atoms with Gasteiger partial charge in [-0.05, 0) is 31.9 Å². The number of aromatic amines is 2.